The number of rotatable bonds is 2. The van der Waals surface area contributed by atoms with E-state index >= 15 is 0 Å². The molecule has 0 bridgehead atoms. The second kappa shape index (κ2) is 4.85. The van der Waals surface area contributed by atoms with E-state index in [-0.39, 0.29) is 16.6 Å². The number of ketones is 1. The molecular formula is C12H8BrClN2O. The molecule has 0 atom stereocenters. The Balaban J connectivity index is 2.51. The predicted octanol–water partition coefficient (Wildman–Crippen LogP) is 3.31. The van der Waals surface area contributed by atoms with E-state index in [9.17, 15) is 4.79 Å². The summed E-state index contributed by atoms with van der Waals surface area (Å²) in [5.41, 5.74) is 6.71. The van der Waals surface area contributed by atoms with Gasteiger partial charge in [-0.25, -0.2) is 4.98 Å². The summed E-state index contributed by atoms with van der Waals surface area (Å²) in [6.07, 6.45) is 0. The summed E-state index contributed by atoms with van der Waals surface area (Å²) in [7, 11) is 0. The predicted molar refractivity (Wildman–Crippen MR) is 71.2 cm³/mol. The first kappa shape index (κ1) is 12.1. The Morgan fingerprint density at radius 1 is 1.24 bits per heavy atom. The van der Waals surface area contributed by atoms with Crippen LogP contribution in [0.5, 0.6) is 0 Å². The van der Waals surface area contributed by atoms with Crippen LogP contribution in [-0.2, 0) is 0 Å². The lowest BCUT2D eigenvalue weighted by molar-refractivity contribution is 0.103. The fraction of sp³-hybridized carbons (Fsp3) is 0. The molecule has 17 heavy (non-hydrogen) atoms. The minimum absolute atomic E-state index is 0.171. The first-order chi connectivity index (χ1) is 8.09. The van der Waals surface area contributed by atoms with E-state index in [0.29, 0.717) is 15.7 Å². The highest BCUT2D eigenvalue weighted by molar-refractivity contribution is 9.10. The fourth-order valence-electron chi connectivity index (χ4n) is 1.40. The number of nitrogens with zero attached hydrogens (tertiary/aromatic N) is 1. The number of pyridine rings is 1. The number of nitrogen functional groups attached to an aromatic ring is 1. The number of anilines is 1. The van der Waals surface area contributed by atoms with Crippen LogP contribution in [-0.4, -0.2) is 10.8 Å². The van der Waals surface area contributed by atoms with Gasteiger partial charge in [0.25, 0.3) is 0 Å². The first-order valence-corrected chi connectivity index (χ1v) is 5.98. The van der Waals surface area contributed by atoms with Crippen LogP contribution in [0, 0.1) is 0 Å². The van der Waals surface area contributed by atoms with Gasteiger partial charge in [0.1, 0.15) is 10.8 Å². The second-order valence-electron chi connectivity index (χ2n) is 3.38. The van der Waals surface area contributed by atoms with Crippen LogP contribution in [0.4, 0.5) is 5.69 Å². The quantitative estimate of drug-likeness (QED) is 0.684. The lowest BCUT2D eigenvalue weighted by Crippen LogP contribution is -2.08. The molecule has 0 amide bonds. The minimum Gasteiger partial charge on any atom is -0.397 e. The molecule has 0 saturated heterocycles. The smallest absolute Gasteiger partial charge is 0.214 e. The zero-order valence-corrected chi connectivity index (χ0v) is 11.0. The molecule has 86 valence electrons. The largest absolute Gasteiger partial charge is 0.397 e. The molecule has 1 heterocycles. The highest BCUT2D eigenvalue weighted by Crippen LogP contribution is 2.22. The van der Waals surface area contributed by atoms with Gasteiger partial charge in [-0.3, -0.25) is 4.79 Å². The summed E-state index contributed by atoms with van der Waals surface area (Å²) >= 11 is 9.07. The maximum absolute atomic E-state index is 12.2. The van der Waals surface area contributed by atoms with Crippen LogP contribution in [0.1, 0.15) is 16.1 Å². The summed E-state index contributed by atoms with van der Waals surface area (Å²) in [4.78, 5) is 16.2. The summed E-state index contributed by atoms with van der Waals surface area (Å²) in [6.45, 7) is 0. The summed E-state index contributed by atoms with van der Waals surface area (Å²) in [5, 5.41) is 0.245. The molecule has 2 N–H and O–H groups in total. The number of nitrogens with two attached hydrogens (primary N) is 1. The standard InChI is InChI=1S/C12H8BrClN2O/c13-8-4-2-1-3-7(8)12(17)11-9(15)5-6-10(14)16-11/h1-6H,15H2. The van der Waals surface area contributed by atoms with Crippen molar-refractivity contribution in [2.45, 2.75) is 0 Å². The van der Waals surface area contributed by atoms with E-state index < -0.39 is 0 Å². The summed E-state index contributed by atoms with van der Waals surface area (Å²) < 4.78 is 0.700. The molecule has 0 spiro atoms. The number of hydrogen-bond donors (Lipinski definition) is 1. The molecule has 0 aliphatic heterocycles. The first-order valence-electron chi connectivity index (χ1n) is 4.81. The third-order valence-corrected chi connectivity index (χ3v) is 3.13. The van der Waals surface area contributed by atoms with E-state index in [4.69, 9.17) is 17.3 Å². The molecule has 0 aliphatic carbocycles. The minimum atomic E-state index is -0.252. The second-order valence-corrected chi connectivity index (χ2v) is 4.62. The van der Waals surface area contributed by atoms with Gasteiger partial charge in [0.15, 0.2) is 0 Å². The van der Waals surface area contributed by atoms with Crippen LogP contribution in [0.2, 0.25) is 5.15 Å². The van der Waals surface area contributed by atoms with Gasteiger partial charge in [0, 0.05) is 10.0 Å². The van der Waals surface area contributed by atoms with Gasteiger partial charge < -0.3 is 5.73 Å². The number of halogens is 2. The molecule has 2 aromatic rings. The van der Waals surface area contributed by atoms with E-state index in [1.54, 1.807) is 30.3 Å². The van der Waals surface area contributed by atoms with Crippen molar-refractivity contribution in [2.75, 3.05) is 5.73 Å². The maximum Gasteiger partial charge on any atom is 0.214 e. The molecule has 0 fully saturated rings. The van der Waals surface area contributed by atoms with Crippen molar-refractivity contribution >= 4 is 39.0 Å². The topological polar surface area (TPSA) is 56.0 Å². The normalized spacial score (nSPS) is 10.2. The lowest BCUT2D eigenvalue weighted by atomic mass is 10.1. The Labute approximate surface area is 112 Å². The van der Waals surface area contributed by atoms with E-state index in [2.05, 4.69) is 20.9 Å². The van der Waals surface area contributed by atoms with Crippen LogP contribution >= 0.6 is 27.5 Å². The summed E-state index contributed by atoms with van der Waals surface area (Å²) in [6, 6.07) is 10.2. The average molecular weight is 312 g/mol. The number of aromatic nitrogens is 1. The van der Waals surface area contributed by atoms with Crippen LogP contribution in [0.15, 0.2) is 40.9 Å². The monoisotopic (exact) mass is 310 g/mol. The number of carbonyl (C=O) groups excluding carboxylic acids is 1. The average Bonchev–Trinajstić information content (AvgIpc) is 2.32. The number of carbonyl (C=O) groups is 1. The lowest BCUT2D eigenvalue weighted by Gasteiger charge is -2.05. The zero-order valence-electron chi connectivity index (χ0n) is 8.65. The molecule has 0 unspecified atom stereocenters. The SMILES string of the molecule is Nc1ccc(Cl)nc1C(=O)c1ccccc1Br. The van der Waals surface area contributed by atoms with Crippen LogP contribution < -0.4 is 5.73 Å². The highest BCUT2D eigenvalue weighted by atomic mass is 79.9. The van der Waals surface area contributed by atoms with Crippen molar-refractivity contribution in [1.29, 1.82) is 0 Å². The third kappa shape index (κ3) is 2.48. The van der Waals surface area contributed by atoms with Crippen molar-refractivity contribution in [2.24, 2.45) is 0 Å². The Kier molecular flexibility index (Phi) is 3.45. The van der Waals surface area contributed by atoms with Crippen molar-refractivity contribution in [3.63, 3.8) is 0 Å². The van der Waals surface area contributed by atoms with Gasteiger partial charge in [-0.2, -0.15) is 0 Å². The van der Waals surface area contributed by atoms with Gasteiger partial charge in [-0.1, -0.05) is 39.7 Å². The van der Waals surface area contributed by atoms with Gasteiger partial charge >= 0.3 is 0 Å². The Morgan fingerprint density at radius 3 is 2.65 bits per heavy atom. The molecule has 1 aromatic heterocycles. The van der Waals surface area contributed by atoms with Crippen LogP contribution in [0.25, 0.3) is 0 Å². The third-order valence-electron chi connectivity index (χ3n) is 2.23. The molecule has 0 saturated carbocycles. The summed E-state index contributed by atoms with van der Waals surface area (Å²) in [5.74, 6) is -0.252. The van der Waals surface area contributed by atoms with Crippen LogP contribution in [0.3, 0.4) is 0 Å². The van der Waals surface area contributed by atoms with Crippen molar-refractivity contribution < 1.29 is 4.79 Å². The highest BCUT2D eigenvalue weighted by Gasteiger charge is 2.16. The molecule has 0 aliphatic rings. The molecule has 0 radical (unpaired) electrons. The molecule has 3 nitrogen and oxygen atoms in total. The Hall–Kier alpha value is -1.39. The molecule has 1 aromatic carbocycles. The maximum atomic E-state index is 12.2. The van der Waals surface area contributed by atoms with Gasteiger partial charge in [-0.15, -0.1) is 0 Å². The van der Waals surface area contributed by atoms with Gasteiger partial charge in [-0.05, 0) is 24.3 Å². The van der Waals surface area contributed by atoms with Gasteiger partial charge in [0.2, 0.25) is 5.78 Å². The molecular weight excluding hydrogens is 304 g/mol. The Bertz CT molecular complexity index is 586. The van der Waals surface area contributed by atoms with Crippen molar-refractivity contribution in [3.8, 4) is 0 Å². The fourth-order valence-corrected chi connectivity index (χ4v) is 2.01. The van der Waals surface area contributed by atoms with Gasteiger partial charge in [0.05, 0.1) is 5.69 Å². The van der Waals surface area contributed by atoms with E-state index in [1.807, 2.05) is 6.07 Å². The number of benzene rings is 1. The number of hydrogen-bond acceptors (Lipinski definition) is 3. The Morgan fingerprint density at radius 2 is 1.94 bits per heavy atom. The molecule has 2 rings (SSSR count). The van der Waals surface area contributed by atoms with E-state index in [1.165, 1.54) is 0 Å². The molecule has 5 heteroatoms. The van der Waals surface area contributed by atoms with Crippen molar-refractivity contribution in [3.05, 3.63) is 57.3 Å². The van der Waals surface area contributed by atoms with E-state index in [0.717, 1.165) is 0 Å². The van der Waals surface area contributed by atoms with Crippen molar-refractivity contribution in [1.82, 2.24) is 4.98 Å². The zero-order chi connectivity index (χ0) is 12.4.